The van der Waals surface area contributed by atoms with E-state index in [1.54, 1.807) is 26.0 Å². The highest BCUT2D eigenvalue weighted by Gasteiger charge is 2.24. The number of aryl methyl sites for hydroxylation is 1. The molecule has 3 rings (SSSR count). The fraction of sp³-hybridized carbons (Fsp3) is 0.500. The van der Waals surface area contributed by atoms with Gasteiger partial charge < -0.3 is 20.2 Å². The maximum absolute atomic E-state index is 12.4. The number of rotatable bonds is 4. The molecular weight excluding hydrogens is 403 g/mol. The van der Waals surface area contributed by atoms with E-state index < -0.39 is 11.7 Å². The number of ether oxygens (including phenoxy) is 1. The van der Waals surface area contributed by atoms with Crippen LogP contribution in [0.2, 0.25) is 5.02 Å². The third-order valence-electron chi connectivity index (χ3n) is 5.30. The lowest BCUT2D eigenvalue weighted by atomic mass is 9.92. The Kier molecular flexibility index (Phi) is 7.37. The van der Waals surface area contributed by atoms with E-state index in [1.807, 2.05) is 6.92 Å². The van der Waals surface area contributed by atoms with Crippen molar-refractivity contribution in [1.82, 2.24) is 5.32 Å². The van der Waals surface area contributed by atoms with Crippen LogP contribution in [0, 0.1) is 13.8 Å². The van der Waals surface area contributed by atoms with Gasteiger partial charge in [0.2, 0.25) is 0 Å². The van der Waals surface area contributed by atoms with Crippen LogP contribution in [0.1, 0.15) is 43.7 Å². The zero-order valence-electron chi connectivity index (χ0n) is 16.2. The molecule has 8 heteroatoms. The molecule has 1 amide bonds. The molecule has 1 aromatic carbocycles. The molecular formula is C20H26Cl2N2O4. The number of hydrogen-bond donors (Lipinski definition) is 2. The normalized spacial score (nSPS) is 20.3. The molecule has 1 aliphatic rings. The Morgan fingerprint density at radius 3 is 2.54 bits per heavy atom. The van der Waals surface area contributed by atoms with E-state index in [4.69, 9.17) is 26.5 Å². The van der Waals surface area contributed by atoms with Gasteiger partial charge in [0.1, 0.15) is 11.3 Å². The lowest BCUT2D eigenvalue weighted by molar-refractivity contribution is -0.128. The SMILES string of the molecule is Cc1c(C)c2cc(Cl)c(OC(C)C(=O)NC3CCC(N)CC3)cc2oc1=O.Cl. The maximum Gasteiger partial charge on any atom is 0.339 e. The first kappa shape index (κ1) is 22.5. The second-order valence-corrected chi connectivity index (χ2v) is 7.71. The van der Waals surface area contributed by atoms with E-state index >= 15 is 0 Å². The van der Waals surface area contributed by atoms with Gasteiger partial charge in [-0.25, -0.2) is 4.79 Å². The minimum Gasteiger partial charge on any atom is -0.479 e. The minimum absolute atomic E-state index is 0. The van der Waals surface area contributed by atoms with Crippen LogP contribution in [0.3, 0.4) is 0 Å². The van der Waals surface area contributed by atoms with Crippen molar-refractivity contribution in [3.8, 4) is 5.75 Å². The standard InChI is InChI=1S/C20H25ClN2O4.ClH/c1-10-11(2)20(25)27-17-9-18(16(21)8-15(10)17)26-12(3)19(24)23-14-6-4-13(22)5-7-14;/h8-9,12-14H,4-7,22H2,1-3H3,(H,23,24);1H. The van der Waals surface area contributed by atoms with Gasteiger partial charge in [-0.3, -0.25) is 4.79 Å². The number of carbonyl (C=O) groups is 1. The molecule has 0 aliphatic heterocycles. The van der Waals surface area contributed by atoms with Crippen molar-refractivity contribution in [1.29, 1.82) is 0 Å². The largest absolute Gasteiger partial charge is 0.479 e. The van der Waals surface area contributed by atoms with E-state index in [1.165, 1.54) is 0 Å². The third-order valence-corrected chi connectivity index (χ3v) is 5.60. The summed E-state index contributed by atoms with van der Waals surface area (Å²) >= 11 is 6.33. The van der Waals surface area contributed by atoms with E-state index in [0.29, 0.717) is 21.9 Å². The van der Waals surface area contributed by atoms with Crippen LogP contribution in [-0.4, -0.2) is 24.1 Å². The second-order valence-electron chi connectivity index (χ2n) is 7.30. The summed E-state index contributed by atoms with van der Waals surface area (Å²) in [4.78, 5) is 24.4. The van der Waals surface area contributed by atoms with Gasteiger partial charge in [0.15, 0.2) is 6.10 Å². The first-order chi connectivity index (χ1) is 12.8. The molecule has 2 aromatic rings. The highest BCUT2D eigenvalue weighted by Crippen LogP contribution is 2.32. The molecule has 1 aliphatic carbocycles. The van der Waals surface area contributed by atoms with Gasteiger partial charge in [-0.15, -0.1) is 12.4 Å². The van der Waals surface area contributed by atoms with Crippen LogP contribution in [0.25, 0.3) is 11.0 Å². The van der Waals surface area contributed by atoms with E-state index in [-0.39, 0.29) is 30.4 Å². The quantitative estimate of drug-likeness (QED) is 0.724. The van der Waals surface area contributed by atoms with Crippen LogP contribution < -0.4 is 21.4 Å². The van der Waals surface area contributed by atoms with Gasteiger partial charge in [-0.1, -0.05) is 11.6 Å². The summed E-state index contributed by atoms with van der Waals surface area (Å²) in [5, 5.41) is 4.12. The van der Waals surface area contributed by atoms with E-state index in [9.17, 15) is 9.59 Å². The molecule has 0 radical (unpaired) electrons. The fourth-order valence-corrected chi connectivity index (χ4v) is 3.57. The van der Waals surface area contributed by atoms with Gasteiger partial charge in [0.05, 0.1) is 5.02 Å². The predicted octanol–water partition coefficient (Wildman–Crippen LogP) is 3.64. The smallest absolute Gasteiger partial charge is 0.339 e. The first-order valence-corrected chi connectivity index (χ1v) is 9.60. The molecule has 1 aromatic heterocycles. The molecule has 154 valence electrons. The number of fused-ring (bicyclic) bond motifs is 1. The molecule has 6 nitrogen and oxygen atoms in total. The number of halogens is 2. The molecule has 0 saturated heterocycles. The van der Waals surface area contributed by atoms with Crippen LogP contribution in [-0.2, 0) is 4.79 Å². The van der Waals surface area contributed by atoms with Crippen molar-refractivity contribution in [2.45, 2.75) is 64.6 Å². The molecule has 1 saturated carbocycles. The highest BCUT2D eigenvalue weighted by molar-refractivity contribution is 6.32. The molecule has 1 heterocycles. The summed E-state index contributed by atoms with van der Waals surface area (Å²) in [5.41, 5.74) is 7.25. The highest BCUT2D eigenvalue weighted by atomic mass is 35.5. The fourth-order valence-electron chi connectivity index (χ4n) is 3.36. The Bertz CT molecular complexity index is 921. The zero-order valence-corrected chi connectivity index (χ0v) is 17.8. The van der Waals surface area contributed by atoms with Crippen molar-refractivity contribution < 1.29 is 13.9 Å². The lowest BCUT2D eigenvalue weighted by Crippen LogP contribution is -2.45. The number of hydrogen-bond acceptors (Lipinski definition) is 5. The molecule has 3 N–H and O–H groups in total. The van der Waals surface area contributed by atoms with E-state index in [0.717, 1.165) is 36.6 Å². The summed E-state index contributed by atoms with van der Waals surface area (Å²) < 4.78 is 11.1. The summed E-state index contributed by atoms with van der Waals surface area (Å²) in [6.07, 6.45) is 2.84. The van der Waals surface area contributed by atoms with E-state index in [2.05, 4.69) is 5.32 Å². The summed E-state index contributed by atoms with van der Waals surface area (Å²) in [5.74, 6) is 0.108. The summed E-state index contributed by atoms with van der Waals surface area (Å²) in [7, 11) is 0. The van der Waals surface area contributed by atoms with Crippen molar-refractivity contribution in [2.24, 2.45) is 5.73 Å². The summed E-state index contributed by atoms with van der Waals surface area (Å²) in [6.45, 7) is 5.22. The zero-order chi connectivity index (χ0) is 19.7. The monoisotopic (exact) mass is 428 g/mol. The number of nitrogens with two attached hydrogens (primary N) is 1. The molecule has 28 heavy (non-hydrogen) atoms. The molecule has 0 spiro atoms. The van der Waals surface area contributed by atoms with Gasteiger partial charge in [-0.05, 0) is 58.1 Å². The average molecular weight is 429 g/mol. The van der Waals surface area contributed by atoms with Crippen molar-refractivity contribution in [2.75, 3.05) is 0 Å². The number of benzene rings is 1. The molecule has 1 unspecified atom stereocenters. The van der Waals surface area contributed by atoms with Gasteiger partial charge in [-0.2, -0.15) is 0 Å². The Labute approximate surface area is 175 Å². The van der Waals surface area contributed by atoms with Gasteiger partial charge >= 0.3 is 5.63 Å². The van der Waals surface area contributed by atoms with Crippen molar-refractivity contribution in [3.63, 3.8) is 0 Å². The third kappa shape index (κ3) is 4.80. The van der Waals surface area contributed by atoms with Crippen molar-refractivity contribution >= 4 is 40.9 Å². The van der Waals surface area contributed by atoms with Crippen molar-refractivity contribution in [3.05, 3.63) is 38.7 Å². The minimum atomic E-state index is -0.728. The Hall–Kier alpha value is -1.76. The second kappa shape index (κ2) is 9.16. The van der Waals surface area contributed by atoms with Crippen LogP contribution >= 0.6 is 24.0 Å². The number of carbonyl (C=O) groups excluding carboxylic acids is 1. The van der Waals surface area contributed by atoms with Crippen LogP contribution in [0.5, 0.6) is 5.75 Å². The summed E-state index contributed by atoms with van der Waals surface area (Å²) in [6, 6.07) is 3.61. The average Bonchev–Trinajstić information content (AvgIpc) is 2.63. The number of amides is 1. The Morgan fingerprint density at radius 2 is 1.89 bits per heavy atom. The topological polar surface area (TPSA) is 94.6 Å². The molecule has 1 fully saturated rings. The molecule has 0 bridgehead atoms. The van der Waals surface area contributed by atoms with Crippen LogP contribution in [0.15, 0.2) is 21.3 Å². The maximum atomic E-state index is 12.4. The Balaban J connectivity index is 0.00000280. The van der Waals surface area contributed by atoms with Crippen LogP contribution in [0.4, 0.5) is 0 Å². The number of nitrogens with one attached hydrogen (secondary N) is 1. The molecule has 1 atom stereocenters. The van der Waals surface area contributed by atoms with Gasteiger partial charge in [0.25, 0.3) is 5.91 Å². The van der Waals surface area contributed by atoms with Gasteiger partial charge in [0, 0.05) is 29.1 Å². The lowest BCUT2D eigenvalue weighted by Gasteiger charge is -2.28. The Morgan fingerprint density at radius 1 is 1.25 bits per heavy atom. The first-order valence-electron chi connectivity index (χ1n) is 9.22. The predicted molar refractivity (Wildman–Crippen MR) is 113 cm³/mol.